The van der Waals surface area contributed by atoms with Crippen molar-refractivity contribution >= 4 is 19.7 Å². The van der Waals surface area contributed by atoms with E-state index in [1.807, 2.05) is 0 Å². The van der Waals surface area contributed by atoms with E-state index in [0.29, 0.717) is 0 Å². The molecule has 15 heteroatoms. The second-order valence-corrected chi connectivity index (χ2v) is 12.2. The molecule has 0 aliphatic carbocycles. The Morgan fingerprint density at radius 1 is 1.19 bits per heavy atom. The van der Waals surface area contributed by atoms with Crippen LogP contribution in [0, 0.1) is 22.7 Å². The molecule has 0 spiro atoms. The maximum atomic E-state index is 14.0. The molecule has 0 bridgehead atoms. The molecule has 2 heterocycles. The van der Waals surface area contributed by atoms with E-state index in [1.54, 1.807) is 45.9 Å². The number of carbonyl (C=O) groups excluding carboxylic acids is 2. The summed E-state index contributed by atoms with van der Waals surface area (Å²) in [5, 5.41) is 23.2. The lowest BCUT2D eigenvalue weighted by Crippen LogP contribution is -2.50. The van der Waals surface area contributed by atoms with E-state index >= 15 is 0 Å². The number of H-pyrrole nitrogens is 1. The van der Waals surface area contributed by atoms with Gasteiger partial charge < -0.3 is 23.8 Å². The number of nitrogens with zero attached hydrogens (tertiary/aromatic N) is 2. The van der Waals surface area contributed by atoms with Crippen LogP contribution in [0.2, 0.25) is 0 Å². The van der Waals surface area contributed by atoms with Crippen LogP contribution in [0.3, 0.4) is 0 Å². The maximum absolute atomic E-state index is 14.0. The lowest BCUT2D eigenvalue weighted by atomic mass is 9.83. The Bertz CT molecular complexity index is 1410. The molecule has 1 unspecified atom stereocenters. The smallest absolute Gasteiger partial charge is 0.459 e. The minimum atomic E-state index is -4.34. The van der Waals surface area contributed by atoms with Gasteiger partial charge in [-0.15, -0.1) is 0 Å². The largest absolute Gasteiger partial charge is 0.462 e. The zero-order valence-electron chi connectivity index (χ0n) is 24.2. The van der Waals surface area contributed by atoms with Crippen LogP contribution >= 0.6 is 7.75 Å². The number of aromatic nitrogens is 2. The molecule has 1 saturated heterocycles. The summed E-state index contributed by atoms with van der Waals surface area (Å²) < 4.78 is 43.5. The first-order valence-electron chi connectivity index (χ1n) is 13.3. The SMILES string of the molecule is CC(C)OC(=O)[C@H](C)NP(=O)(OC[C@H]1O[C@@H]([n+]2ccc(=O)[nH]c2O)[C@](C)(C#N)[C@@H]1OC(=O)C(C)C)Oc1ccccc1. The van der Waals surface area contributed by atoms with Crippen LogP contribution in [-0.4, -0.2) is 53.0 Å². The zero-order chi connectivity index (χ0) is 31.2. The normalized spacial score (nSPS) is 24.0. The highest BCUT2D eigenvalue weighted by Crippen LogP contribution is 2.49. The van der Waals surface area contributed by atoms with E-state index in [0.717, 1.165) is 10.6 Å². The summed E-state index contributed by atoms with van der Waals surface area (Å²) in [6.07, 6.45) is -2.99. The van der Waals surface area contributed by atoms with Crippen LogP contribution in [-0.2, 0) is 32.9 Å². The van der Waals surface area contributed by atoms with Crippen LogP contribution in [0.1, 0.15) is 47.8 Å². The standard InChI is InChI=1S/C27H35N4O10P/c1-16(2)23(33)40-22-20(39-25(27(22,6)15-28)31-13-12-21(32)29-26(31)35)14-37-42(36,41-19-10-8-7-9-11-19)30-18(5)24(34)38-17(3)4/h7-13,16-18,20,22,25H,14H2,1-6H3,(H2,29,30,32,35,36)/p+1/t18-,20+,22+,25+,27+,42?/m0/s1. The molecule has 1 fully saturated rings. The van der Waals surface area contributed by atoms with E-state index in [2.05, 4.69) is 16.1 Å². The van der Waals surface area contributed by atoms with Gasteiger partial charge in [0.1, 0.15) is 24.1 Å². The van der Waals surface area contributed by atoms with Gasteiger partial charge in [-0.2, -0.15) is 19.9 Å². The lowest BCUT2D eigenvalue weighted by molar-refractivity contribution is -0.776. The summed E-state index contributed by atoms with van der Waals surface area (Å²) >= 11 is 0. The van der Waals surface area contributed by atoms with Gasteiger partial charge in [0.05, 0.1) is 30.8 Å². The number of aromatic amines is 1. The summed E-state index contributed by atoms with van der Waals surface area (Å²) in [6, 6.07) is 9.57. The van der Waals surface area contributed by atoms with Crippen LogP contribution < -0.4 is 19.7 Å². The monoisotopic (exact) mass is 607 g/mol. The number of carbonyl (C=O) groups is 2. The quantitative estimate of drug-likeness (QED) is 0.182. The Morgan fingerprint density at radius 2 is 1.86 bits per heavy atom. The van der Waals surface area contributed by atoms with Gasteiger partial charge in [-0.3, -0.25) is 14.1 Å². The Hall–Kier alpha value is -3.76. The Morgan fingerprint density at radius 3 is 2.43 bits per heavy atom. The van der Waals surface area contributed by atoms with Crippen LogP contribution in [0.4, 0.5) is 0 Å². The number of ether oxygens (including phenoxy) is 3. The summed E-state index contributed by atoms with van der Waals surface area (Å²) in [4.78, 5) is 39.1. The van der Waals surface area contributed by atoms with Crippen molar-refractivity contribution in [1.82, 2.24) is 10.1 Å². The lowest BCUT2D eigenvalue weighted by Gasteiger charge is -2.28. The average Bonchev–Trinajstić information content (AvgIpc) is 3.19. The number of hydrogen-bond acceptors (Lipinski definition) is 11. The third-order valence-electron chi connectivity index (χ3n) is 6.25. The van der Waals surface area contributed by atoms with Gasteiger partial charge in [0.15, 0.2) is 11.5 Å². The highest BCUT2D eigenvalue weighted by atomic mass is 31.2. The molecule has 0 amide bonds. The summed E-state index contributed by atoms with van der Waals surface area (Å²) in [6.45, 7) is 8.88. The number of benzene rings is 1. The maximum Gasteiger partial charge on any atom is 0.459 e. The van der Waals surface area contributed by atoms with E-state index in [1.165, 1.54) is 32.2 Å². The van der Waals surface area contributed by atoms with Crippen LogP contribution in [0.15, 0.2) is 47.4 Å². The second kappa shape index (κ2) is 13.5. The highest BCUT2D eigenvalue weighted by molar-refractivity contribution is 7.52. The molecule has 1 aromatic carbocycles. The third kappa shape index (κ3) is 7.74. The molecule has 3 N–H and O–H groups in total. The number of aromatic hydroxyl groups is 1. The minimum Gasteiger partial charge on any atom is -0.462 e. The molecule has 3 rings (SSSR count). The number of nitriles is 1. The predicted octanol–water partition coefficient (Wildman–Crippen LogP) is 2.50. The molecule has 1 aliphatic rings. The van der Waals surface area contributed by atoms with Crippen molar-refractivity contribution in [3.05, 3.63) is 52.9 Å². The molecular weight excluding hydrogens is 571 g/mol. The second-order valence-electron chi connectivity index (χ2n) is 10.5. The van der Waals surface area contributed by atoms with Gasteiger partial charge in [-0.05, 0) is 39.8 Å². The van der Waals surface area contributed by atoms with Crippen LogP contribution in [0.25, 0.3) is 0 Å². The first kappa shape index (κ1) is 32.8. The summed E-state index contributed by atoms with van der Waals surface area (Å²) in [5.74, 6) is -1.74. The molecule has 2 aromatic rings. The molecular formula is C27H36N4O10P+. The third-order valence-corrected chi connectivity index (χ3v) is 7.90. The van der Waals surface area contributed by atoms with Crippen molar-refractivity contribution < 1.29 is 47.1 Å². The Kier molecular flexibility index (Phi) is 10.5. The summed E-state index contributed by atoms with van der Waals surface area (Å²) in [5.41, 5.74) is -2.22. The number of rotatable bonds is 12. The van der Waals surface area contributed by atoms with Gasteiger partial charge in [0, 0.05) is 0 Å². The molecule has 228 valence electrons. The van der Waals surface area contributed by atoms with Gasteiger partial charge in [-0.25, -0.2) is 9.36 Å². The first-order valence-corrected chi connectivity index (χ1v) is 14.8. The van der Waals surface area contributed by atoms with E-state index < -0.39 is 79.8 Å². The van der Waals surface area contributed by atoms with Crippen molar-refractivity contribution in [2.75, 3.05) is 6.61 Å². The fourth-order valence-electron chi connectivity index (χ4n) is 4.09. The van der Waals surface area contributed by atoms with Crippen molar-refractivity contribution in [3.63, 3.8) is 0 Å². The summed E-state index contributed by atoms with van der Waals surface area (Å²) in [7, 11) is -4.34. The van der Waals surface area contributed by atoms with E-state index in [9.17, 15) is 29.3 Å². The van der Waals surface area contributed by atoms with Crippen molar-refractivity contribution in [2.45, 2.75) is 72.1 Å². The molecule has 1 aliphatic heterocycles. The van der Waals surface area contributed by atoms with Crippen molar-refractivity contribution in [1.29, 1.82) is 5.26 Å². The minimum absolute atomic E-state index is 0.168. The zero-order valence-corrected chi connectivity index (χ0v) is 25.1. The molecule has 0 saturated carbocycles. The molecule has 1 aromatic heterocycles. The van der Waals surface area contributed by atoms with Crippen LogP contribution in [0.5, 0.6) is 11.8 Å². The molecule has 0 radical (unpaired) electrons. The fraction of sp³-hybridized carbons (Fsp3) is 0.519. The van der Waals surface area contributed by atoms with Gasteiger partial charge in [0.2, 0.25) is 6.23 Å². The number of hydrogen-bond donors (Lipinski definition) is 3. The number of esters is 2. The average molecular weight is 608 g/mol. The van der Waals surface area contributed by atoms with Gasteiger partial charge in [-0.1, -0.05) is 32.0 Å². The number of para-hydroxylation sites is 1. The topological polar surface area (TPSA) is 190 Å². The fourth-order valence-corrected chi connectivity index (χ4v) is 5.60. The van der Waals surface area contributed by atoms with Crippen molar-refractivity contribution in [3.8, 4) is 17.8 Å². The highest BCUT2D eigenvalue weighted by Gasteiger charge is 2.61. The van der Waals surface area contributed by atoms with Gasteiger partial charge in [0.25, 0.3) is 0 Å². The Labute approximate surface area is 243 Å². The van der Waals surface area contributed by atoms with E-state index in [4.69, 9.17) is 23.3 Å². The predicted molar refractivity (Wildman–Crippen MR) is 146 cm³/mol. The van der Waals surface area contributed by atoms with E-state index in [-0.39, 0.29) is 5.75 Å². The van der Waals surface area contributed by atoms with Crippen molar-refractivity contribution in [2.24, 2.45) is 11.3 Å². The number of nitrogens with one attached hydrogen (secondary N) is 2. The Balaban J connectivity index is 1.96. The molecule has 14 nitrogen and oxygen atoms in total. The molecule has 6 atom stereocenters. The molecule has 42 heavy (non-hydrogen) atoms. The van der Waals surface area contributed by atoms with Gasteiger partial charge >= 0.3 is 31.3 Å². The first-order chi connectivity index (χ1) is 19.7.